The number of sulfonamides is 1. The van der Waals surface area contributed by atoms with E-state index in [4.69, 9.17) is 24.9 Å². The Balaban J connectivity index is 0.00000113. The number of anilines is 1. The van der Waals surface area contributed by atoms with Crippen molar-refractivity contribution in [1.82, 2.24) is 10.2 Å². The molecular weight excluding hydrogens is 404 g/mol. The van der Waals surface area contributed by atoms with Gasteiger partial charge < -0.3 is 25.7 Å². The molecule has 0 unspecified atom stereocenters. The molecule has 0 heterocycles. The van der Waals surface area contributed by atoms with Gasteiger partial charge in [-0.3, -0.25) is 4.79 Å². The van der Waals surface area contributed by atoms with Gasteiger partial charge in [0.05, 0.1) is 11.4 Å². The van der Waals surface area contributed by atoms with Gasteiger partial charge in [0.15, 0.2) is 0 Å². The zero-order chi connectivity index (χ0) is 22.8. The Morgan fingerprint density at radius 3 is 1.93 bits per heavy atom. The summed E-state index contributed by atoms with van der Waals surface area (Å²) in [6.07, 6.45) is 0. The number of nitrogens with one attached hydrogen (secondary N) is 2. The Kier molecular flexibility index (Phi) is 10.5. The minimum atomic E-state index is -3.72. The van der Waals surface area contributed by atoms with Crippen molar-refractivity contribution in [3.63, 3.8) is 0 Å². The number of aliphatic carboxylic acids is 2. The van der Waals surface area contributed by atoms with Crippen LogP contribution in [0.4, 0.5) is 5.69 Å². The molecule has 0 aliphatic carbocycles. The average Bonchev–Trinajstić information content (AvgIpc) is 2.53. The van der Waals surface area contributed by atoms with Gasteiger partial charge >= 0.3 is 11.9 Å². The number of hydrogen-bond acceptors (Lipinski definition) is 7. The molecule has 12 heteroatoms. The predicted octanol–water partition coefficient (Wildman–Crippen LogP) is -0.394. The first-order valence-corrected chi connectivity index (χ1v) is 9.93. The molecule has 1 amide bonds. The standard InChI is InChI=1S/C15H26N4O3S.C2H2O4/c1-15(2,11-19(3)4)10-17-9-14(20)18-12-5-7-13(8-6-12)23(16,21)22;3-1(4)2(5)6/h5-8,17H,9-11H2,1-4H3,(H,18,20)(H2,16,21,22);(H,3,4)(H,5,6). The van der Waals surface area contributed by atoms with Gasteiger partial charge in [-0.15, -0.1) is 0 Å². The summed E-state index contributed by atoms with van der Waals surface area (Å²) in [5, 5.41) is 25.6. The van der Waals surface area contributed by atoms with Gasteiger partial charge in [0.1, 0.15) is 0 Å². The first-order valence-electron chi connectivity index (χ1n) is 8.38. The lowest BCUT2D eigenvalue weighted by Crippen LogP contribution is -2.40. The normalized spacial score (nSPS) is 11.4. The third-order valence-electron chi connectivity index (χ3n) is 3.28. The molecule has 0 spiro atoms. The van der Waals surface area contributed by atoms with E-state index in [0.29, 0.717) is 12.2 Å². The topological polar surface area (TPSA) is 179 Å². The summed E-state index contributed by atoms with van der Waals surface area (Å²) in [6, 6.07) is 5.73. The highest BCUT2D eigenvalue weighted by Crippen LogP contribution is 2.14. The first-order chi connectivity index (χ1) is 13.1. The minimum Gasteiger partial charge on any atom is -0.473 e. The number of nitrogens with two attached hydrogens (primary N) is 1. The second-order valence-corrected chi connectivity index (χ2v) is 8.79. The van der Waals surface area contributed by atoms with E-state index in [-0.39, 0.29) is 22.8 Å². The highest BCUT2D eigenvalue weighted by atomic mass is 32.2. The van der Waals surface area contributed by atoms with E-state index in [1.54, 1.807) is 0 Å². The lowest BCUT2D eigenvalue weighted by Gasteiger charge is -2.28. The third-order valence-corrected chi connectivity index (χ3v) is 4.21. The Morgan fingerprint density at radius 1 is 1.07 bits per heavy atom. The van der Waals surface area contributed by atoms with Crippen molar-refractivity contribution >= 4 is 33.6 Å². The Bertz CT molecular complexity index is 794. The number of rotatable bonds is 8. The van der Waals surface area contributed by atoms with Crippen LogP contribution in [0.3, 0.4) is 0 Å². The maximum Gasteiger partial charge on any atom is 0.414 e. The molecule has 0 saturated heterocycles. The van der Waals surface area contributed by atoms with E-state index >= 15 is 0 Å². The summed E-state index contributed by atoms with van der Waals surface area (Å²) in [6.45, 7) is 6.07. The molecule has 11 nitrogen and oxygen atoms in total. The monoisotopic (exact) mass is 432 g/mol. The molecule has 6 N–H and O–H groups in total. The van der Waals surface area contributed by atoms with Gasteiger partial charge in [-0.1, -0.05) is 13.8 Å². The van der Waals surface area contributed by atoms with E-state index in [2.05, 4.69) is 29.4 Å². The number of carboxylic acids is 2. The zero-order valence-corrected chi connectivity index (χ0v) is 17.6. The number of benzene rings is 1. The van der Waals surface area contributed by atoms with Crippen molar-refractivity contribution in [2.75, 3.05) is 39.0 Å². The van der Waals surface area contributed by atoms with E-state index in [1.807, 2.05) is 14.1 Å². The third kappa shape index (κ3) is 12.5. The lowest BCUT2D eigenvalue weighted by atomic mass is 9.93. The number of carboxylic acid groups (broad SMARTS) is 2. The van der Waals surface area contributed by atoms with E-state index in [1.165, 1.54) is 24.3 Å². The fourth-order valence-corrected chi connectivity index (χ4v) is 2.87. The lowest BCUT2D eigenvalue weighted by molar-refractivity contribution is -0.159. The molecule has 1 aromatic carbocycles. The summed E-state index contributed by atoms with van der Waals surface area (Å²) < 4.78 is 22.3. The minimum absolute atomic E-state index is 0.0130. The van der Waals surface area contributed by atoms with Gasteiger partial charge in [-0.25, -0.2) is 23.1 Å². The number of carbonyl (C=O) groups excluding carboxylic acids is 1. The molecule has 0 aliphatic heterocycles. The second-order valence-electron chi connectivity index (χ2n) is 7.23. The molecule has 29 heavy (non-hydrogen) atoms. The number of primary sulfonamides is 1. The first kappa shape index (κ1) is 26.5. The fourth-order valence-electron chi connectivity index (χ4n) is 2.36. The van der Waals surface area contributed by atoms with Crippen molar-refractivity contribution < 1.29 is 33.0 Å². The number of nitrogens with zero attached hydrogens (tertiary/aromatic N) is 1. The van der Waals surface area contributed by atoms with Crippen LogP contribution in [0.25, 0.3) is 0 Å². The average molecular weight is 432 g/mol. The number of amides is 1. The van der Waals surface area contributed by atoms with Crippen LogP contribution < -0.4 is 15.8 Å². The SMILES string of the molecule is CN(C)CC(C)(C)CNCC(=O)Nc1ccc(S(N)(=O)=O)cc1.O=C(O)C(=O)O. The molecule has 1 rings (SSSR count). The van der Waals surface area contributed by atoms with Crippen molar-refractivity contribution in [2.45, 2.75) is 18.7 Å². The van der Waals surface area contributed by atoms with Crippen molar-refractivity contribution in [1.29, 1.82) is 0 Å². The maximum atomic E-state index is 11.9. The molecule has 1 aromatic rings. The highest BCUT2D eigenvalue weighted by molar-refractivity contribution is 7.89. The summed E-state index contributed by atoms with van der Waals surface area (Å²) in [5.41, 5.74) is 0.581. The van der Waals surface area contributed by atoms with Crippen LogP contribution >= 0.6 is 0 Å². The molecule has 0 aromatic heterocycles. The Morgan fingerprint density at radius 2 is 1.55 bits per heavy atom. The number of carbonyl (C=O) groups is 3. The second kappa shape index (κ2) is 11.5. The van der Waals surface area contributed by atoms with Crippen LogP contribution in [-0.2, 0) is 24.4 Å². The van der Waals surface area contributed by atoms with E-state index in [9.17, 15) is 13.2 Å². The number of hydrogen-bond donors (Lipinski definition) is 5. The van der Waals surface area contributed by atoms with Crippen LogP contribution in [-0.4, -0.2) is 75.1 Å². The van der Waals surface area contributed by atoms with Crippen LogP contribution in [0, 0.1) is 5.41 Å². The molecule has 0 bridgehead atoms. The highest BCUT2D eigenvalue weighted by Gasteiger charge is 2.18. The largest absolute Gasteiger partial charge is 0.473 e. The van der Waals surface area contributed by atoms with Gasteiger partial charge in [0, 0.05) is 18.8 Å². The molecule has 0 fully saturated rings. The van der Waals surface area contributed by atoms with Gasteiger partial charge in [0.25, 0.3) is 0 Å². The quantitative estimate of drug-likeness (QED) is 0.342. The van der Waals surface area contributed by atoms with Gasteiger partial charge in [0.2, 0.25) is 15.9 Å². The summed E-state index contributed by atoms with van der Waals surface area (Å²) in [4.78, 5) is 32.2. The molecule has 0 aliphatic rings. The summed E-state index contributed by atoms with van der Waals surface area (Å²) >= 11 is 0. The predicted molar refractivity (Wildman–Crippen MR) is 107 cm³/mol. The van der Waals surface area contributed by atoms with Crippen LogP contribution in [0.2, 0.25) is 0 Å². The van der Waals surface area contributed by atoms with Crippen molar-refractivity contribution in [3.8, 4) is 0 Å². The Labute approximate surface area is 169 Å². The Hall–Kier alpha value is -2.54. The molecule has 0 radical (unpaired) electrons. The van der Waals surface area contributed by atoms with Crippen LogP contribution in [0.5, 0.6) is 0 Å². The maximum absolute atomic E-state index is 11.9. The summed E-state index contributed by atoms with van der Waals surface area (Å²) in [7, 11) is 0.309. The van der Waals surface area contributed by atoms with Crippen LogP contribution in [0.15, 0.2) is 29.2 Å². The molecular formula is C17H28N4O7S. The van der Waals surface area contributed by atoms with Gasteiger partial charge in [-0.2, -0.15) is 0 Å². The van der Waals surface area contributed by atoms with E-state index in [0.717, 1.165) is 6.54 Å². The summed E-state index contributed by atoms with van der Waals surface area (Å²) in [5.74, 6) is -3.83. The van der Waals surface area contributed by atoms with Crippen molar-refractivity contribution in [3.05, 3.63) is 24.3 Å². The van der Waals surface area contributed by atoms with Gasteiger partial charge in [-0.05, 0) is 43.8 Å². The van der Waals surface area contributed by atoms with Crippen LogP contribution in [0.1, 0.15) is 13.8 Å². The smallest absolute Gasteiger partial charge is 0.414 e. The molecule has 0 saturated carbocycles. The molecule has 0 atom stereocenters. The zero-order valence-electron chi connectivity index (χ0n) is 16.8. The van der Waals surface area contributed by atoms with Crippen molar-refractivity contribution in [2.24, 2.45) is 10.6 Å². The fraction of sp³-hybridized carbons (Fsp3) is 0.471. The van der Waals surface area contributed by atoms with E-state index < -0.39 is 22.0 Å². The molecule has 164 valence electrons.